The number of esters is 5. The Balaban J connectivity index is 0.000000366. The number of nitrogens with one attached hydrogen (secondary N) is 1. The second kappa shape index (κ2) is 54.2. The number of rotatable bonds is 29. The molecule has 0 amide bonds. The van der Waals surface area contributed by atoms with Crippen LogP contribution in [0.25, 0.3) is 0 Å². The molecule has 2 atom stereocenters. The quantitative estimate of drug-likeness (QED) is 0.00752. The van der Waals surface area contributed by atoms with Crippen molar-refractivity contribution in [2.45, 2.75) is 235 Å². The lowest BCUT2D eigenvalue weighted by atomic mass is 10.1. The number of nitrogens with two attached hydrogens (primary N) is 1. The number of hydrogen-bond donors (Lipinski definition) is 7. The highest BCUT2D eigenvalue weighted by atomic mass is 32.3. The summed E-state index contributed by atoms with van der Waals surface area (Å²) in [5, 5.41) is 52.9. The predicted octanol–water partition coefficient (Wildman–Crippen LogP) is 17.3. The van der Waals surface area contributed by atoms with Crippen molar-refractivity contribution < 1.29 is 108 Å². The number of phenols is 2. The standard InChI is InChI=1S/C17H28O3Si.C15H26O2Si.C11H12O4.C11H14O3.C11H12O3.C10H16N2O4S3.C9H8O2.C9H12O2/c1-14(18)20-16-12-8-7-10-15(16)11-9-13-19-21(5,6)17(2,3)4;1-15(2,3)18(4,5)17-12-8-10-13-9-6-7-11-14(13)16;1-8(12)15-10-5-3-2-4-9(10)6-7-11(13)14;2*1-9(13)14-11-7-3-2-5-10(11)6-4-8-12;1-3-12-8-4-6(2)18(13,14)10-7(8)5-9(17-10)19(11,15)16;10-9-6-5-7-3-1-2-4-8(7)11-9;10-7-3-5-8-4-1-2-6-9(8)11/h7-8,10,12H,9,11,13H2,1-6H3;6-7,9,11,16H,8,10,12H2,1-5H3;2-5H,6-7H2,1H3,(H,13,14);2-3,5,7,12H,4,6,8H2,1H3;2-3,5,7-8H,4,6H2,1H3;5-6,8,12H,3-4H2,1-2H3,(H2,11,15,16);1-4H,5-6H2;1-2,4,6,10-11H,3,5,7H2/t;;;;;6-,8-;;/m.....0../s1. The molecule has 3 heterocycles. The lowest BCUT2D eigenvalue weighted by molar-refractivity contribution is -0.137. The number of carbonyl (C=O) groups is 7. The molecule has 0 unspecified atom stereocenters. The number of aldehydes is 1. The van der Waals surface area contributed by atoms with E-state index in [1.54, 1.807) is 67.6 Å². The number of benzene rings is 7. The van der Waals surface area contributed by atoms with Crippen molar-refractivity contribution in [1.29, 1.82) is 0 Å². The Morgan fingerprint density at radius 2 is 0.911 bits per heavy atom. The zero-order valence-corrected chi connectivity index (χ0v) is 78.5. The minimum Gasteiger partial charge on any atom is -0.508 e. The lowest BCUT2D eigenvalue weighted by Crippen LogP contribution is -2.41. The van der Waals surface area contributed by atoms with Gasteiger partial charge in [-0.1, -0.05) is 176 Å². The molecule has 7 aromatic carbocycles. The maximum absolute atomic E-state index is 12.2. The van der Waals surface area contributed by atoms with Crippen LogP contribution in [0.1, 0.15) is 185 Å². The number of sulfonamides is 1. The summed E-state index contributed by atoms with van der Waals surface area (Å²) in [4.78, 5) is 74.8. The number of aromatic hydroxyl groups is 2. The van der Waals surface area contributed by atoms with Crippen molar-refractivity contribution in [2.75, 3.05) is 33.0 Å². The van der Waals surface area contributed by atoms with E-state index in [0.29, 0.717) is 91.6 Å². The van der Waals surface area contributed by atoms with Gasteiger partial charge < -0.3 is 68.2 Å². The fraction of sp³-hybridized carbons (Fsp3) is 0.430. The number of carboxylic acids is 1. The van der Waals surface area contributed by atoms with E-state index in [-0.39, 0.29) is 68.0 Å². The van der Waals surface area contributed by atoms with E-state index in [9.17, 15) is 60.6 Å². The molecule has 674 valence electrons. The molecule has 8 aromatic rings. The normalized spacial score (nSPS) is 13.6. The first kappa shape index (κ1) is 108. The number of sulfone groups is 1. The van der Waals surface area contributed by atoms with Crippen LogP contribution in [0.4, 0.5) is 0 Å². The molecule has 0 radical (unpaired) electrons. The molecule has 10 rings (SSSR count). The van der Waals surface area contributed by atoms with Gasteiger partial charge in [-0.25, -0.2) is 22.0 Å². The molecule has 0 spiro atoms. The molecule has 30 heteroatoms. The summed E-state index contributed by atoms with van der Waals surface area (Å²) < 4.78 is 84.7. The predicted molar refractivity (Wildman–Crippen MR) is 485 cm³/mol. The summed E-state index contributed by atoms with van der Waals surface area (Å²) in [6.45, 7) is 34.1. The van der Waals surface area contributed by atoms with Crippen molar-refractivity contribution >= 4 is 89.9 Å². The Morgan fingerprint density at radius 3 is 1.28 bits per heavy atom. The Kier molecular flexibility index (Phi) is 47.4. The second-order valence-corrected chi connectivity index (χ2v) is 46.9. The van der Waals surface area contributed by atoms with Crippen LogP contribution in [0.2, 0.25) is 36.3 Å². The number of para-hydroxylation sites is 7. The molecule has 0 saturated heterocycles. The highest BCUT2D eigenvalue weighted by Crippen LogP contribution is 2.43. The van der Waals surface area contributed by atoms with Crippen LogP contribution in [-0.4, -0.2) is 139 Å². The molecule has 8 N–H and O–H groups in total. The lowest BCUT2D eigenvalue weighted by Gasteiger charge is -2.36. The van der Waals surface area contributed by atoms with Crippen LogP contribution >= 0.6 is 11.3 Å². The number of phenolic OH excluding ortho intramolecular Hbond substituents is 2. The third-order valence-corrected chi connectivity index (χ3v) is 34.3. The van der Waals surface area contributed by atoms with Crippen LogP contribution in [0, 0.1) is 0 Å². The minimum absolute atomic E-state index is 0.0261. The number of carboxylic acid groups (broad SMARTS) is 1. The van der Waals surface area contributed by atoms with Gasteiger partial charge in [0.05, 0.1) is 11.7 Å². The topological polar surface area (TPSA) is 392 Å². The van der Waals surface area contributed by atoms with E-state index in [4.69, 9.17) is 53.0 Å². The van der Waals surface area contributed by atoms with Crippen LogP contribution < -0.4 is 34.1 Å². The molecule has 123 heavy (non-hydrogen) atoms. The monoisotopic (exact) mass is 1790 g/mol. The molecule has 0 aliphatic carbocycles. The van der Waals surface area contributed by atoms with Gasteiger partial charge in [-0.2, -0.15) is 0 Å². The second-order valence-electron chi connectivity index (χ2n) is 31.9. The highest BCUT2D eigenvalue weighted by Gasteiger charge is 2.40. The first-order chi connectivity index (χ1) is 57.8. The summed E-state index contributed by atoms with van der Waals surface area (Å²) in [5.41, 5.74) is 7.20. The van der Waals surface area contributed by atoms with E-state index in [1.165, 1.54) is 33.8 Å². The van der Waals surface area contributed by atoms with Gasteiger partial charge in [-0.05, 0) is 214 Å². The number of ether oxygens (including phenoxy) is 5. The molecule has 0 bridgehead atoms. The number of aliphatic hydroxyl groups excluding tert-OH is 2. The zero-order valence-electron chi connectivity index (χ0n) is 74.0. The van der Waals surface area contributed by atoms with Gasteiger partial charge in [0.25, 0.3) is 0 Å². The summed E-state index contributed by atoms with van der Waals surface area (Å²) in [6, 6.07) is 52.8. The molecule has 25 nitrogen and oxygen atoms in total. The summed E-state index contributed by atoms with van der Waals surface area (Å²) in [7, 11) is -10.6. The Hall–Kier alpha value is -9.58. The molecule has 2 aliphatic rings. The molecule has 2 aliphatic heterocycles. The summed E-state index contributed by atoms with van der Waals surface area (Å²) >= 11 is 0.742. The number of carbonyl (C=O) groups excluding carboxylic acids is 6. The van der Waals surface area contributed by atoms with Crippen molar-refractivity contribution in [2.24, 2.45) is 5.14 Å². The number of fused-ring (bicyclic) bond motifs is 2. The maximum atomic E-state index is 12.2. The smallest absolute Gasteiger partial charge is 0.311 e. The van der Waals surface area contributed by atoms with Gasteiger partial charge in [0.2, 0.25) is 10.0 Å². The zero-order chi connectivity index (χ0) is 92.2. The molecule has 1 aromatic heterocycles. The average Bonchev–Trinajstić information content (AvgIpc) is 1.61. The number of thiophene rings is 1. The van der Waals surface area contributed by atoms with Crippen molar-refractivity contribution in [3.63, 3.8) is 0 Å². The third-order valence-electron chi connectivity index (χ3n) is 19.9. The van der Waals surface area contributed by atoms with Gasteiger partial charge >= 0.3 is 35.8 Å². The van der Waals surface area contributed by atoms with Crippen LogP contribution in [0.15, 0.2) is 184 Å². The Morgan fingerprint density at radius 1 is 0.553 bits per heavy atom. The van der Waals surface area contributed by atoms with Crippen LogP contribution in [-0.2, 0) is 107 Å². The van der Waals surface area contributed by atoms with E-state index < -0.39 is 53.7 Å². The van der Waals surface area contributed by atoms with Crippen molar-refractivity contribution in [3.05, 3.63) is 220 Å². The van der Waals surface area contributed by atoms with E-state index >= 15 is 0 Å². The number of aliphatic carboxylic acids is 1. The van der Waals surface area contributed by atoms with Crippen LogP contribution in [0.3, 0.4) is 0 Å². The number of primary sulfonamides is 1. The van der Waals surface area contributed by atoms with Crippen LogP contribution in [0.5, 0.6) is 40.2 Å². The number of aryl methyl sites for hydroxylation is 7. The molecule has 0 fully saturated rings. The van der Waals surface area contributed by atoms with Gasteiger partial charge in [0.15, 0.2) is 26.5 Å². The third kappa shape index (κ3) is 40.3. The first-order valence-corrected chi connectivity index (χ1v) is 50.7. The SMILES string of the molecule is CC(=O)Oc1ccccc1CCC(=O)O.CC(=O)Oc1ccccc1CCC=O.CC(=O)Oc1ccccc1CCCO.CC(=O)Oc1ccccc1CCCO[Si](C)(C)C(C)(C)C.CC(C)(C)[Si](C)(C)OCCCc1ccccc1O.CCN[C@H]1C[C@H](C)S(=O)(=O)c2sc(S(N)(=O)=O)cc21.O=C1CCc2ccccc2O1.OCCCc1ccccc1O. The van der Waals surface area contributed by atoms with Gasteiger partial charge in [-0.15, -0.1) is 11.3 Å². The number of hydrogen-bond acceptors (Lipinski definition) is 24. The van der Waals surface area contributed by atoms with E-state index in [0.717, 1.165) is 120 Å². The van der Waals surface area contributed by atoms with Crippen molar-refractivity contribution in [3.8, 4) is 40.2 Å². The minimum atomic E-state index is -3.88. The van der Waals surface area contributed by atoms with E-state index in [1.807, 2.05) is 116 Å². The summed E-state index contributed by atoms with van der Waals surface area (Å²) in [6.07, 6.45) is 10.5. The summed E-state index contributed by atoms with van der Waals surface area (Å²) in [5.74, 6) is 1.34. The van der Waals surface area contributed by atoms with Gasteiger partial charge in [0, 0.05) is 78.6 Å². The Labute approximate surface area is 733 Å². The first-order valence-electron chi connectivity index (χ1n) is 41.0. The molecular weight excluding hydrogens is 1670 g/mol. The molecular formula is C93H128N2O23S3Si2. The van der Waals surface area contributed by atoms with Gasteiger partial charge in [-0.3, -0.25) is 28.8 Å². The number of aliphatic hydroxyl groups is 2. The average molecular weight is 1790 g/mol. The van der Waals surface area contributed by atoms with E-state index in [2.05, 4.69) is 73.0 Å². The van der Waals surface area contributed by atoms with Gasteiger partial charge in [0.1, 0.15) is 55.0 Å². The Bertz CT molecular complexity index is 4860. The molecule has 0 saturated carbocycles. The fourth-order valence-electron chi connectivity index (χ4n) is 11.3. The largest absolute Gasteiger partial charge is 0.508 e. The highest BCUT2D eigenvalue weighted by molar-refractivity contribution is 7.95. The fourth-order valence-corrected chi connectivity index (χ4v) is 17.9. The maximum Gasteiger partial charge on any atom is 0.311 e. The van der Waals surface area contributed by atoms with Crippen molar-refractivity contribution in [1.82, 2.24) is 5.32 Å².